The maximum atomic E-state index is 4.16. The smallest absolute Gasteiger partial charge is 0.225 e. The van der Waals surface area contributed by atoms with Gasteiger partial charge in [0, 0.05) is 6.20 Å². The number of anilines is 1. The van der Waals surface area contributed by atoms with Gasteiger partial charge in [0.15, 0.2) is 0 Å². The summed E-state index contributed by atoms with van der Waals surface area (Å²) in [6.07, 6.45) is 4.66. The van der Waals surface area contributed by atoms with E-state index in [4.69, 9.17) is 0 Å². The molecule has 0 aliphatic carbocycles. The monoisotopic (exact) mass is 187 g/mol. The molecule has 14 heavy (non-hydrogen) atoms. The van der Waals surface area contributed by atoms with Crippen LogP contribution in [0.15, 0.2) is 37.1 Å². The summed E-state index contributed by atoms with van der Waals surface area (Å²) in [6, 6.07) is 5.76. The molecule has 2 rings (SSSR count). The molecule has 0 aliphatic heterocycles. The first-order valence-corrected chi connectivity index (χ1v) is 4.21. The summed E-state index contributed by atoms with van der Waals surface area (Å²) < 4.78 is 0. The SMILES string of the molecule is c1ccc(CNc2ncncn2)nc1. The Morgan fingerprint density at radius 1 is 1.07 bits per heavy atom. The highest BCUT2D eigenvalue weighted by Gasteiger charge is 1.94. The number of hydrogen-bond donors (Lipinski definition) is 1. The third-order valence-corrected chi connectivity index (χ3v) is 1.65. The Labute approximate surface area is 81.3 Å². The van der Waals surface area contributed by atoms with Gasteiger partial charge in [-0.3, -0.25) is 4.98 Å². The highest BCUT2D eigenvalue weighted by molar-refractivity contribution is 5.22. The number of pyridine rings is 1. The molecule has 0 fully saturated rings. The zero-order valence-corrected chi connectivity index (χ0v) is 7.46. The van der Waals surface area contributed by atoms with Crippen LogP contribution in [0, 0.1) is 0 Å². The van der Waals surface area contributed by atoms with Crippen molar-refractivity contribution in [3.05, 3.63) is 42.7 Å². The molecule has 0 unspecified atom stereocenters. The molecular weight excluding hydrogens is 178 g/mol. The van der Waals surface area contributed by atoms with Gasteiger partial charge in [-0.1, -0.05) is 6.07 Å². The summed E-state index contributed by atoms with van der Waals surface area (Å²) in [7, 11) is 0. The first kappa shape index (κ1) is 8.55. The number of nitrogens with zero attached hydrogens (tertiary/aromatic N) is 4. The zero-order valence-electron chi connectivity index (χ0n) is 7.46. The van der Waals surface area contributed by atoms with Crippen LogP contribution in [0.25, 0.3) is 0 Å². The van der Waals surface area contributed by atoms with Crippen molar-refractivity contribution in [2.75, 3.05) is 5.32 Å². The van der Waals surface area contributed by atoms with Gasteiger partial charge in [0.1, 0.15) is 12.7 Å². The third kappa shape index (κ3) is 2.22. The second-order valence-electron chi connectivity index (χ2n) is 2.64. The summed E-state index contributed by atoms with van der Waals surface area (Å²) in [6.45, 7) is 0.616. The lowest BCUT2D eigenvalue weighted by atomic mass is 10.3. The molecule has 0 saturated heterocycles. The molecule has 0 bridgehead atoms. The van der Waals surface area contributed by atoms with Crippen LogP contribution >= 0.6 is 0 Å². The standard InChI is InChI=1S/C9H9N5/c1-2-4-11-8(3-1)5-12-9-13-6-10-7-14-9/h1-4,6-7H,5H2,(H,10,12,13,14). The van der Waals surface area contributed by atoms with Gasteiger partial charge in [0.2, 0.25) is 5.95 Å². The third-order valence-electron chi connectivity index (χ3n) is 1.65. The Hall–Kier alpha value is -2.04. The molecule has 0 aliphatic rings. The lowest BCUT2D eigenvalue weighted by molar-refractivity contribution is 0.973. The van der Waals surface area contributed by atoms with E-state index in [1.807, 2.05) is 18.2 Å². The zero-order chi connectivity index (χ0) is 9.64. The van der Waals surface area contributed by atoms with Gasteiger partial charge in [0.25, 0.3) is 0 Å². The summed E-state index contributed by atoms with van der Waals surface area (Å²) >= 11 is 0. The second-order valence-corrected chi connectivity index (χ2v) is 2.64. The van der Waals surface area contributed by atoms with Crippen LogP contribution < -0.4 is 5.32 Å². The number of nitrogens with one attached hydrogen (secondary N) is 1. The van der Waals surface area contributed by atoms with Gasteiger partial charge in [-0.2, -0.15) is 0 Å². The minimum Gasteiger partial charge on any atom is -0.348 e. The van der Waals surface area contributed by atoms with Crippen LogP contribution in [0.4, 0.5) is 5.95 Å². The molecule has 5 nitrogen and oxygen atoms in total. The Kier molecular flexibility index (Phi) is 2.61. The van der Waals surface area contributed by atoms with Crippen molar-refractivity contribution in [2.24, 2.45) is 0 Å². The largest absolute Gasteiger partial charge is 0.348 e. The molecule has 0 atom stereocenters. The van der Waals surface area contributed by atoms with E-state index >= 15 is 0 Å². The van der Waals surface area contributed by atoms with Crippen LogP contribution in [0.1, 0.15) is 5.69 Å². The predicted molar refractivity (Wildman–Crippen MR) is 51.4 cm³/mol. The van der Waals surface area contributed by atoms with E-state index in [0.717, 1.165) is 5.69 Å². The van der Waals surface area contributed by atoms with Crippen molar-refractivity contribution in [1.82, 2.24) is 19.9 Å². The van der Waals surface area contributed by atoms with Gasteiger partial charge in [-0.25, -0.2) is 15.0 Å². The summed E-state index contributed by atoms with van der Waals surface area (Å²) in [4.78, 5) is 15.7. The van der Waals surface area contributed by atoms with Gasteiger partial charge in [-0.05, 0) is 12.1 Å². The molecule has 5 heteroatoms. The summed E-state index contributed by atoms with van der Waals surface area (Å²) in [5, 5.41) is 3.04. The fourth-order valence-electron chi connectivity index (χ4n) is 1.00. The van der Waals surface area contributed by atoms with Crippen molar-refractivity contribution in [1.29, 1.82) is 0 Å². The fraction of sp³-hybridized carbons (Fsp3) is 0.111. The fourth-order valence-corrected chi connectivity index (χ4v) is 1.00. The van der Waals surface area contributed by atoms with Crippen molar-refractivity contribution in [2.45, 2.75) is 6.54 Å². The Morgan fingerprint density at radius 3 is 2.64 bits per heavy atom. The van der Waals surface area contributed by atoms with Gasteiger partial charge >= 0.3 is 0 Å². The summed E-state index contributed by atoms with van der Waals surface area (Å²) in [5.41, 5.74) is 0.952. The average Bonchev–Trinajstić information content (AvgIpc) is 2.29. The molecular formula is C9H9N5. The van der Waals surface area contributed by atoms with Crippen molar-refractivity contribution >= 4 is 5.95 Å². The minimum absolute atomic E-state index is 0.561. The number of hydrogen-bond acceptors (Lipinski definition) is 5. The van der Waals surface area contributed by atoms with E-state index < -0.39 is 0 Å². The number of rotatable bonds is 3. The topological polar surface area (TPSA) is 63.6 Å². The van der Waals surface area contributed by atoms with E-state index in [9.17, 15) is 0 Å². The quantitative estimate of drug-likeness (QED) is 0.772. The molecule has 0 saturated carbocycles. The van der Waals surface area contributed by atoms with E-state index in [1.54, 1.807) is 6.20 Å². The van der Waals surface area contributed by atoms with Crippen LogP contribution in [0.2, 0.25) is 0 Å². The van der Waals surface area contributed by atoms with E-state index in [-0.39, 0.29) is 0 Å². The van der Waals surface area contributed by atoms with E-state index in [0.29, 0.717) is 12.5 Å². The lowest BCUT2D eigenvalue weighted by Gasteiger charge is -2.01. The average molecular weight is 187 g/mol. The Balaban J connectivity index is 1.96. The maximum Gasteiger partial charge on any atom is 0.225 e. The molecule has 1 N–H and O–H groups in total. The predicted octanol–water partition coefficient (Wildman–Crippen LogP) is 0.879. The van der Waals surface area contributed by atoms with Crippen LogP contribution in [-0.2, 0) is 6.54 Å². The minimum atomic E-state index is 0.561. The van der Waals surface area contributed by atoms with E-state index in [1.165, 1.54) is 12.7 Å². The molecule has 2 heterocycles. The van der Waals surface area contributed by atoms with Crippen LogP contribution in [0.3, 0.4) is 0 Å². The van der Waals surface area contributed by atoms with Crippen LogP contribution in [-0.4, -0.2) is 19.9 Å². The normalized spacial score (nSPS) is 9.71. The van der Waals surface area contributed by atoms with Crippen molar-refractivity contribution in [3.8, 4) is 0 Å². The highest BCUT2D eigenvalue weighted by Crippen LogP contribution is 1.98. The lowest BCUT2D eigenvalue weighted by Crippen LogP contribution is -2.04. The van der Waals surface area contributed by atoms with Crippen molar-refractivity contribution in [3.63, 3.8) is 0 Å². The molecule has 0 amide bonds. The molecule has 70 valence electrons. The number of aromatic nitrogens is 4. The molecule has 0 aromatic carbocycles. The van der Waals surface area contributed by atoms with Gasteiger partial charge in [-0.15, -0.1) is 0 Å². The first-order chi connectivity index (χ1) is 6.95. The molecule has 0 spiro atoms. The maximum absolute atomic E-state index is 4.16. The van der Waals surface area contributed by atoms with Gasteiger partial charge < -0.3 is 5.32 Å². The van der Waals surface area contributed by atoms with Gasteiger partial charge in [0.05, 0.1) is 12.2 Å². The van der Waals surface area contributed by atoms with Crippen molar-refractivity contribution < 1.29 is 0 Å². The van der Waals surface area contributed by atoms with E-state index in [2.05, 4.69) is 25.3 Å². The molecule has 2 aromatic heterocycles. The molecule has 2 aromatic rings. The summed E-state index contributed by atoms with van der Waals surface area (Å²) in [5.74, 6) is 0.561. The Bertz CT molecular complexity index is 335. The second kappa shape index (κ2) is 4.27. The highest BCUT2D eigenvalue weighted by atomic mass is 15.1. The Morgan fingerprint density at radius 2 is 1.93 bits per heavy atom. The van der Waals surface area contributed by atoms with Crippen LogP contribution in [0.5, 0.6) is 0 Å². The first-order valence-electron chi connectivity index (χ1n) is 4.21. The molecule has 0 radical (unpaired) electrons.